The SMILES string of the molecule is O=[N+]([O-])/C=C(/C[N+](=O)[O-])[N+](=O)[O-]. The molecule has 0 radical (unpaired) electrons. The average Bonchev–Trinajstić information content (AvgIpc) is 1.83. The standard InChI is InChI=1S/C3H3N3O6/c7-4(8)1-3(6(11)12)2-5(9)10/h1H,2H2/b3-1-. The van der Waals surface area contributed by atoms with E-state index in [4.69, 9.17) is 0 Å². The Morgan fingerprint density at radius 1 is 1.17 bits per heavy atom. The summed E-state index contributed by atoms with van der Waals surface area (Å²) in [5.74, 6) is 0. The van der Waals surface area contributed by atoms with Crippen LogP contribution in [0.15, 0.2) is 11.9 Å². The van der Waals surface area contributed by atoms with Crippen LogP contribution in [-0.2, 0) is 0 Å². The first-order valence-electron chi connectivity index (χ1n) is 2.54. The lowest BCUT2D eigenvalue weighted by molar-refractivity contribution is -0.528. The second kappa shape index (κ2) is 3.95. The Balaban J connectivity index is 4.55. The molecule has 0 fully saturated rings. The molecule has 9 nitrogen and oxygen atoms in total. The maximum Gasteiger partial charge on any atom is 0.385 e. The number of rotatable bonds is 4. The zero-order chi connectivity index (χ0) is 9.72. The van der Waals surface area contributed by atoms with Gasteiger partial charge in [-0.3, -0.25) is 30.3 Å². The van der Waals surface area contributed by atoms with Gasteiger partial charge in [0, 0.05) is 4.92 Å². The van der Waals surface area contributed by atoms with E-state index in [1.54, 1.807) is 0 Å². The Kier molecular flexibility index (Phi) is 3.27. The van der Waals surface area contributed by atoms with Crippen LogP contribution >= 0.6 is 0 Å². The molecule has 0 rings (SSSR count). The van der Waals surface area contributed by atoms with Gasteiger partial charge in [0.1, 0.15) is 0 Å². The molecule has 0 spiro atoms. The molecule has 0 aromatic heterocycles. The highest BCUT2D eigenvalue weighted by Crippen LogP contribution is 1.95. The van der Waals surface area contributed by atoms with Crippen molar-refractivity contribution >= 4 is 0 Å². The fraction of sp³-hybridized carbons (Fsp3) is 0.333. The zero-order valence-electron chi connectivity index (χ0n) is 5.58. The van der Waals surface area contributed by atoms with Gasteiger partial charge in [-0.05, 0) is 0 Å². The zero-order valence-corrected chi connectivity index (χ0v) is 5.58. The third kappa shape index (κ3) is 3.87. The molecule has 66 valence electrons. The molecule has 0 saturated heterocycles. The monoisotopic (exact) mass is 177 g/mol. The molecule has 0 aliphatic carbocycles. The van der Waals surface area contributed by atoms with E-state index in [1.165, 1.54) is 0 Å². The van der Waals surface area contributed by atoms with Crippen molar-refractivity contribution in [3.63, 3.8) is 0 Å². The van der Waals surface area contributed by atoms with Gasteiger partial charge >= 0.3 is 11.9 Å². The highest BCUT2D eigenvalue weighted by Gasteiger charge is 2.22. The topological polar surface area (TPSA) is 129 Å². The summed E-state index contributed by atoms with van der Waals surface area (Å²) >= 11 is 0. The molecule has 0 aliphatic rings. The summed E-state index contributed by atoms with van der Waals surface area (Å²) in [6.07, 6.45) is 0.00278. The summed E-state index contributed by atoms with van der Waals surface area (Å²) in [6, 6.07) is 0. The van der Waals surface area contributed by atoms with Gasteiger partial charge in [0.05, 0.1) is 9.85 Å². The molecule has 0 atom stereocenters. The van der Waals surface area contributed by atoms with E-state index >= 15 is 0 Å². The molecule has 12 heavy (non-hydrogen) atoms. The van der Waals surface area contributed by atoms with Gasteiger partial charge in [0.15, 0.2) is 0 Å². The second-order valence-electron chi connectivity index (χ2n) is 1.65. The fourth-order valence-electron chi connectivity index (χ4n) is 0.400. The van der Waals surface area contributed by atoms with Gasteiger partial charge in [0.25, 0.3) is 6.54 Å². The number of hydrogen-bond acceptors (Lipinski definition) is 6. The van der Waals surface area contributed by atoms with Crippen LogP contribution in [-0.4, -0.2) is 21.3 Å². The van der Waals surface area contributed by atoms with E-state index in [2.05, 4.69) is 0 Å². The Morgan fingerprint density at radius 2 is 1.67 bits per heavy atom. The van der Waals surface area contributed by atoms with Crippen LogP contribution in [0.5, 0.6) is 0 Å². The minimum Gasteiger partial charge on any atom is -0.264 e. The summed E-state index contributed by atoms with van der Waals surface area (Å²) in [7, 11) is 0. The Morgan fingerprint density at radius 3 is 1.92 bits per heavy atom. The summed E-state index contributed by atoms with van der Waals surface area (Å²) in [4.78, 5) is 26.0. The lowest BCUT2D eigenvalue weighted by Gasteiger charge is -1.88. The molecule has 0 bridgehead atoms. The largest absolute Gasteiger partial charge is 0.385 e. The van der Waals surface area contributed by atoms with E-state index in [0.717, 1.165) is 0 Å². The van der Waals surface area contributed by atoms with Crippen LogP contribution in [0.2, 0.25) is 0 Å². The van der Waals surface area contributed by atoms with E-state index in [0.29, 0.717) is 0 Å². The predicted octanol–water partition coefficient (Wildman–Crippen LogP) is -0.342. The highest BCUT2D eigenvalue weighted by atomic mass is 16.6. The number of nitrogens with zero attached hydrogens (tertiary/aromatic N) is 3. The maximum absolute atomic E-state index is 9.90. The van der Waals surface area contributed by atoms with Crippen LogP contribution in [0.25, 0.3) is 0 Å². The number of hydrogen-bond donors (Lipinski definition) is 0. The summed E-state index contributed by atoms with van der Waals surface area (Å²) in [5, 5.41) is 29.3. The van der Waals surface area contributed by atoms with Crippen LogP contribution < -0.4 is 0 Å². The Bertz CT molecular complexity index is 257. The highest BCUT2D eigenvalue weighted by molar-refractivity contribution is 4.84. The van der Waals surface area contributed by atoms with E-state index in [1.807, 2.05) is 0 Å². The predicted molar refractivity (Wildman–Crippen MR) is 33.9 cm³/mol. The van der Waals surface area contributed by atoms with Gasteiger partial charge in [0.2, 0.25) is 0 Å². The second-order valence-corrected chi connectivity index (χ2v) is 1.65. The van der Waals surface area contributed by atoms with Crippen molar-refractivity contribution in [1.29, 1.82) is 0 Å². The molecular weight excluding hydrogens is 174 g/mol. The molecule has 0 aromatic carbocycles. The third-order valence-electron chi connectivity index (χ3n) is 0.780. The van der Waals surface area contributed by atoms with Gasteiger partial charge in [-0.25, -0.2) is 0 Å². The van der Waals surface area contributed by atoms with Gasteiger partial charge in [-0.15, -0.1) is 0 Å². The lowest BCUT2D eigenvalue weighted by atomic mass is 10.5. The van der Waals surface area contributed by atoms with Crippen LogP contribution in [0.1, 0.15) is 0 Å². The average molecular weight is 177 g/mol. The van der Waals surface area contributed by atoms with Crippen LogP contribution in [0, 0.1) is 30.3 Å². The molecule has 0 aliphatic heterocycles. The van der Waals surface area contributed by atoms with Crippen molar-refractivity contribution in [2.45, 2.75) is 0 Å². The normalized spacial score (nSPS) is 10.8. The van der Waals surface area contributed by atoms with E-state index < -0.39 is 27.0 Å². The molecular formula is C3H3N3O6. The van der Waals surface area contributed by atoms with Gasteiger partial charge in [-0.2, -0.15) is 0 Å². The van der Waals surface area contributed by atoms with E-state index in [-0.39, 0.29) is 6.20 Å². The molecule has 0 heterocycles. The van der Waals surface area contributed by atoms with Crippen molar-refractivity contribution < 1.29 is 14.8 Å². The summed E-state index contributed by atoms with van der Waals surface area (Å²) < 4.78 is 0. The Hall–Kier alpha value is -2.06. The minimum atomic E-state index is -1.16. The quantitative estimate of drug-likeness (QED) is 0.426. The first-order chi connectivity index (χ1) is 5.43. The smallest absolute Gasteiger partial charge is 0.264 e. The third-order valence-corrected chi connectivity index (χ3v) is 0.780. The summed E-state index contributed by atoms with van der Waals surface area (Å²) in [5.41, 5.74) is -1.05. The molecule has 9 heteroatoms. The van der Waals surface area contributed by atoms with Gasteiger partial charge < -0.3 is 0 Å². The van der Waals surface area contributed by atoms with Crippen molar-refractivity contribution in [3.05, 3.63) is 42.2 Å². The summed E-state index contributed by atoms with van der Waals surface area (Å²) in [6.45, 7) is -1.16. The maximum atomic E-state index is 9.90. The van der Waals surface area contributed by atoms with Crippen molar-refractivity contribution in [2.24, 2.45) is 0 Å². The van der Waals surface area contributed by atoms with Crippen molar-refractivity contribution in [3.8, 4) is 0 Å². The molecule has 0 aromatic rings. The van der Waals surface area contributed by atoms with Crippen molar-refractivity contribution in [2.75, 3.05) is 6.54 Å². The van der Waals surface area contributed by atoms with Gasteiger partial charge in [-0.1, -0.05) is 0 Å². The van der Waals surface area contributed by atoms with E-state index in [9.17, 15) is 30.3 Å². The fourth-order valence-corrected chi connectivity index (χ4v) is 0.400. The lowest BCUT2D eigenvalue weighted by Crippen LogP contribution is -2.12. The van der Waals surface area contributed by atoms with Crippen LogP contribution in [0.3, 0.4) is 0 Å². The van der Waals surface area contributed by atoms with Crippen molar-refractivity contribution in [1.82, 2.24) is 0 Å². The van der Waals surface area contributed by atoms with Crippen LogP contribution in [0.4, 0.5) is 0 Å². The first-order valence-corrected chi connectivity index (χ1v) is 2.54. The molecule has 0 unspecified atom stereocenters. The molecule has 0 N–H and O–H groups in total. The molecule has 0 saturated carbocycles. The minimum absolute atomic E-state index is 0.00278. The molecule has 0 amide bonds. The first kappa shape index (κ1) is 9.94. The Labute approximate surface area is 64.7 Å². The number of nitro groups is 3.